The molecule has 158 valence electrons. The van der Waals surface area contributed by atoms with E-state index in [2.05, 4.69) is 15.4 Å². The number of anilines is 1. The molecule has 0 saturated carbocycles. The van der Waals surface area contributed by atoms with Crippen LogP contribution in [0.5, 0.6) is 0 Å². The third-order valence-electron chi connectivity index (χ3n) is 4.64. The highest BCUT2D eigenvalue weighted by atomic mass is 35.5. The molecular weight excluding hydrogens is 471 g/mol. The van der Waals surface area contributed by atoms with Gasteiger partial charge < -0.3 is 4.42 Å². The average Bonchev–Trinajstić information content (AvgIpc) is 3.34. The number of hydrogen-bond donors (Lipinski definition) is 1. The van der Waals surface area contributed by atoms with Crippen LogP contribution >= 0.6 is 34.5 Å². The van der Waals surface area contributed by atoms with E-state index in [9.17, 15) is 9.59 Å². The second kappa shape index (κ2) is 8.23. The Morgan fingerprint density at radius 1 is 1.19 bits per heavy atom. The number of halogens is 2. The van der Waals surface area contributed by atoms with Gasteiger partial charge in [-0.25, -0.2) is 4.52 Å². The molecule has 1 amide bonds. The van der Waals surface area contributed by atoms with E-state index in [1.54, 1.807) is 47.0 Å². The predicted molar refractivity (Wildman–Crippen MR) is 126 cm³/mol. The number of hydrogen-bond acceptors (Lipinski definition) is 6. The number of benzene rings is 2. The zero-order valence-electron chi connectivity index (χ0n) is 16.1. The molecule has 3 aromatic heterocycles. The van der Waals surface area contributed by atoms with Gasteiger partial charge in [0.25, 0.3) is 11.9 Å². The summed E-state index contributed by atoms with van der Waals surface area (Å²) in [5.41, 5.74) is 1.99. The first-order valence-corrected chi connectivity index (χ1v) is 10.9. The van der Waals surface area contributed by atoms with Crippen LogP contribution < -0.4 is 10.7 Å². The van der Waals surface area contributed by atoms with E-state index in [0.717, 1.165) is 11.3 Å². The van der Waals surface area contributed by atoms with E-state index < -0.39 is 5.91 Å². The number of amides is 1. The second-order valence-corrected chi connectivity index (χ2v) is 8.39. The molecule has 0 atom stereocenters. The minimum absolute atomic E-state index is 0.128. The highest BCUT2D eigenvalue weighted by Crippen LogP contribution is 2.33. The van der Waals surface area contributed by atoms with Gasteiger partial charge in [0.15, 0.2) is 5.43 Å². The van der Waals surface area contributed by atoms with Gasteiger partial charge >= 0.3 is 0 Å². The molecule has 0 bridgehead atoms. The summed E-state index contributed by atoms with van der Waals surface area (Å²) in [7, 11) is 0. The molecular formula is C22H12Cl2N4O3S. The molecule has 2 aromatic carbocycles. The summed E-state index contributed by atoms with van der Waals surface area (Å²) in [6, 6.07) is 12.1. The maximum absolute atomic E-state index is 12.5. The number of carbonyl (C=O) groups excluding carboxylic acids is 1. The molecule has 0 fully saturated rings. The first-order valence-electron chi connectivity index (χ1n) is 9.29. The Balaban J connectivity index is 1.38. The van der Waals surface area contributed by atoms with E-state index in [0.29, 0.717) is 26.0 Å². The maximum Gasteiger partial charge on any atom is 0.250 e. The summed E-state index contributed by atoms with van der Waals surface area (Å²) in [6.07, 6.45) is 3.94. The quantitative estimate of drug-likeness (QED) is 0.340. The van der Waals surface area contributed by atoms with Crippen molar-refractivity contribution in [1.29, 1.82) is 0 Å². The number of carbonyl (C=O) groups is 1. The van der Waals surface area contributed by atoms with Crippen molar-refractivity contribution in [3.8, 4) is 11.3 Å². The van der Waals surface area contributed by atoms with Crippen LogP contribution in [0.1, 0.15) is 5.56 Å². The molecule has 10 heteroatoms. The Kier molecular flexibility index (Phi) is 5.26. The average molecular weight is 483 g/mol. The van der Waals surface area contributed by atoms with Crippen LogP contribution in [0.25, 0.3) is 33.3 Å². The Hall–Kier alpha value is -3.46. The summed E-state index contributed by atoms with van der Waals surface area (Å²) >= 11 is 13.6. The van der Waals surface area contributed by atoms with Crippen molar-refractivity contribution in [3.63, 3.8) is 0 Å². The highest BCUT2D eigenvalue weighted by Gasteiger charge is 2.15. The van der Waals surface area contributed by atoms with Crippen LogP contribution in [-0.2, 0) is 4.79 Å². The van der Waals surface area contributed by atoms with Gasteiger partial charge in [-0.15, -0.1) is 16.4 Å². The fourth-order valence-corrected chi connectivity index (χ4v) is 4.47. The van der Waals surface area contributed by atoms with Crippen LogP contribution in [-0.4, -0.2) is 20.5 Å². The van der Waals surface area contributed by atoms with Gasteiger partial charge in [0.2, 0.25) is 4.96 Å². The summed E-state index contributed by atoms with van der Waals surface area (Å²) in [5, 5.41) is 10.3. The van der Waals surface area contributed by atoms with E-state index >= 15 is 0 Å². The predicted octanol–water partition coefficient (Wildman–Crippen LogP) is 5.52. The molecule has 5 rings (SSSR count). The zero-order valence-corrected chi connectivity index (χ0v) is 18.4. The summed E-state index contributed by atoms with van der Waals surface area (Å²) in [5.74, 6) is -0.356. The molecule has 0 aliphatic rings. The number of nitrogens with one attached hydrogen (secondary N) is 1. The first kappa shape index (κ1) is 20.4. The Morgan fingerprint density at radius 2 is 2.03 bits per heavy atom. The lowest BCUT2D eigenvalue weighted by atomic mass is 10.1. The van der Waals surface area contributed by atoms with Crippen molar-refractivity contribution in [3.05, 3.63) is 86.0 Å². The lowest BCUT2D eigenvalue weighted by Crippen LogP contribution is -2.10. The van der Waals surface area contributed by atoms with Crippen molar-refractivity contribution in [2.45, 2.75) is 0 Å². The monoisotopic (exact) mass is 482 g/mol. The van der Waals surface area contributed by atoms with Gasteiger partial charge in [0, 0.05) is 22.0 Å². The molecule has 0 spiro atoms. The Morgan fingerprint density at radius 3 is 2.88 bits per heavy atom. The standard InChI is InChI=1S/C22H12Cl2N4O3S/c23-13-6-7-14(16(24)9-13)17-11-32-22-26-21(27-28(17)22)25-19(29)8-5-12-10-31-18-4-2-1-3-15(18)20(12)30/h1-11H,(H,25,27,29)/b8-5+. The Bertz CT molecular complexity index is 1590. The molecule has 5 aromatic rings. The number of rotatable bonds is 4. The molecule has 1 N–H and O–H groups in total. The smallest absolute Gasteiger partial charge is 0.250 e. The van der Waals surface area contributed by atoms with E-state index in [4.69, 9.17) is 27.6 Å². The third-order valence-corrected chi connectivity index (χ3v) is 6.01. The maximum atomic E-state index is 12.5. The SMILES string of the molecule is O=C(/C=C/c1coc2ccccc2c1=O)Nc1nc2scc(-c3ccc(Cl)cc3Cl)n2n1. The second-order valence-electron chi connectivity index (χ2n) is 6.71. The summed E-state index contributed by atoms with van der Waals surface area (Å²) in [4.78, 5) is 29.8. The van der Waals surface area contributed by atoms with Crippen LogP contribution in [0.2, 0.25) is 10.0 Å². The van der Waals surface area contributed by atoms with Crippen LogP contribution in [0.3, 0.4) is 0 Å². The minimum atomic E-state index is -0.484. The molecule has 0 aliphatic carbocycles. The molecule has 7 nitrogen and oxygen atoms in total. The molecule has 0 aliphatic heterocycles. The zero-order chi connectivity index (χ0) is 22.2. The van der Waals surface area contributed by atoms with E-state index in [1.807, 2.05) is 5.38 Å². The fourth-order valence-electron chi connectivity index (χ4n) is 3.14. The molecule has 32 heavy (non-hydrogen) atoms. The minimum Gasteiger partial charge on any atom is -0.463 e. The molecule has 0 saturated heterocycles. The largest absolute Gasteiger partial charge is 0.463 e. The number of thiazole rings is 1. The highest BCUT2D eigenvalue weighted by molar-refractivity contribution is 7.15. The summed E-state index contributed by atoms with van der Waals surface area (Å²) in [6.45, 7) is 0. The van der Waals surface area contributed by atoms with Crippen LogP contribution in [0, 0.1) is 0 Å². The molecule has 3 heterocycles. The normalized spacial score (nSPS) is 11.6. The van der Waals surface area contributed by atoms with Gasteiger partial charge in [-0.2, -0.15) is 4.98 Å². The third kappa shape index (κ3) is 3.80. The van der Waals surface area contributed by atoms with Gasteiger partial charge in [0.1, 0.15) is 11.8 Å². The summed E-state index contributed by atoms with van der Waals surface area (Å²) < 4.78 is 7.04. The van der Waals surface area contributed by atoms with Crippen LogP contribution in [0.15, 0.2) is 69.4 Å². The molecule has 0 unspecified atom stereocenters. The van der Waals surface area contributed by atoms with Crippen molar-refractivity contribution in [2.24, 2.45) is 0 Å². The van der Waals surface area contributed by atoms with Gasteiger partial charge in [-0.3, -0.25) is 14.9 Å². The van der Waals surface area contributed by atoms with Crippen molar-refractivity contribution in [2.75, 3.05) is 5.32 Å². The van der Waals surface area contributed by atoms with Crippen molar-refractivity contribution >= 4 is 68.4 Å². The van der Waals surface area contributed by atoms with Gasteiger partial charge in [-0.05, 0) is 36.4 Å². The van der Waals surface area contributed by atoms with Gasteiger partial charge in [0.05, 0.1) is 21.7 Å². The number of para-hydroxylation sites is 1. The first-order chi connectivity index (χ1) is 15.5. The number of aromatic nitrogens is 3. The van der Waals surface area contributed by atoms with E-state index in [1.165, 1.54) is 29.8 Å². The lowest BCUT2D eigenvalue weighted by molar-refractivity contribution is -0.111. The van der Waals surface area contributed by atoms with Gasteiger partial charge in [-0.1, -0.05) is 35.3 Å². The molecule has 0 radical (unpaired) electrons. The fraction of sp³-hybridized carbons (Fsp3) is 0. The number of nitrogens with zero attached hydrogens (tertiary/aromatic N) is 3. The Labute approximate surface area is 194 Å². The lowest BCUT2D eigenvalue weighted by Gasteiger charge is -2.02. The topological polar surface area (TPSA) is 89.5 Å². The van der Waals surface area contributed by atoms with Crippen LogP contribution in [0.4, 0.5) is 5.95 Å². The van der Waals surface area contributed by atoms with Crippen molar-refractivity contribution < 1.29 is 9.21 Å². The van der Waals surface area contributed by atoms with Crippen molar-refractivity contribution in [1.82, 2.24) is 14.6 Å². The number of fused-ring (bicyclic) bond motifs is 2. The van der Waals surface area contributed by atoms with E-state index in [-0.39, 0.29) is 16.9 Å².